The summed E-state index contributed by atoms with van der Waals surface area (Å²) in [5, 5.41) is 0.141. The highest BCUT2D eigenvalue weighted by molar-refractivity contribution is 14.1. The largest absolute Gasteiger partial charge is 0.447 e. The van der Waals surface area contributed by atoms with Gasteiger partial charge in [0.15, 0.2) is 14.1 Å². The number of hydrogen-bond acceptors (Lipinski definition) is 6. The van der Waals surface area contributed by atoms with E-state index in [0.29, 0.717) is 19.3 Å². The first-order valence-electron chi connectivity index (χ1n) is 15.8. The van der Waals surface area contributed by atoms with Gasteiger partial charge >= 0.3 is 6.09 Å². The van der Waals surface area contributed by atoms with Gasteiger partial charge in [0, 0.05) is 12.3 Å². The Morgan fingerprint density at radius 1 is 1.20 bits per heavy atom. The van der Waals surface area contributed by atoms with Gasteiger partial charge in [0.05, 0.1) is 30.3 Å². The Morgan fingerprint density at radius 2 is 1.91 bits per heavy atom. The molecule has 2 bridgehead atoms. The topological polar surface area (TPSA) is 74.3 Å². The second kappa shape index (κ2) is 14.3. The number of fused-ring (bicyclic) bond motifs is 2. The van der Waals surface area contributed by atoms with Gasteiger partial charge in [0.2, 0.25) is 5.91 Å². The van der Waals surface area contributed by atoms with Gasteiger partial charge in [-0.2, -0.15) is 0 Å². The number of ether oxygens (including phenoxy) is 3. The predicted molar refractivity (Wildman–Crippen MR) is 185 cm³/mol. The molecule has 1 aromatic rings. The fourth-order valence-electron chi connectivity index (χ4n) is 5.96. The van der Waals surface area contributed by atoms with Gasteiger partial charge in [-0.3, -0.25) is 4.79 Å². The maximum atomic E-state index is 13.9. The number of amides is 2. The molecule has 7 atom stereocenters. The molecule has 2 amide bonds. The van der Waals surface area contributed by atoms with E-state index < -0.39 is 26.1 Å². The molecule has 9 heteroatoms. The summed E-state index contributed by atoms with van der Waals surface area (Å²) < 4.78 is 27.1. The fourth-order valence-corrected chi connectivity index (χ4v) is 7.71. The highest BCUT2D eigenvalue weighted by atomic mass is 127. The van der Waals surface area contributed by atoms with Crippen molar-refractivity contribution >= 4 is 42.9 Å². The van der Waals surface area contributed by atoms with Gasteiger partial charge in [-0.1, -0.05) is 105 Å². The molecule has 242 valence electrons. The van der Waals surface area contributed by atoms with Crippen LogP contribution in [0.1, 0.15) is 66.4 Å². The molecule has 0 N–H and O–H groups in total. The summed E-state index contributed by atoms with van der Waals surface area (Å²) in [7, 11) is -1.92. The maximum Gasteiger partial charge on any atom is 0.416 e. The Kier molecular flexibility index (Phi) is 11.4. The maximum absolute atomic E-state index is 13.9. The van der Waals surface area contributed by atoms with Crippen LogP contribution >= 0.6 is 22.6 Å². The van der Waals surface area contributed by atoms with Crippen molar-refractivity contribution in [1.82, 2.24) is 4.90 Å². The quantitative estimate of drug-likeness (QED) is 0.137. The van der Waals surface area contributed by atoms with Crippen LogP contribution in [0.5, 0.6) is 0 Å². The zero-order chi connectivity index (χ0) is 32.3. The monoisotopic (exact) mass is 735 g/mol. The van der Waals surface area contributed by atoms with Crippen molar-refractivity contribution in [2.45, 2.75) is 115 Å². The number of rotatable bonds is 10. The fraction of sp³-hybridized carbons (Fsp3) is 0.600. The van der Waals surface area contributed by atoms with E-state index in [0.717, 1.165) is 12.0 Å². The van der Waals surface area contributed by atoms with Crippen LogP contribution in [0.4, 0.5) is 4.79 Å². The van der Waals surface area contributed by atoms with Crippen LogP contribution in [0.2, 0.25) is 18.1 Å². The van der Waals surface area contributed by atoms with E-state index in [1.807, 2.05) is 43.3 Å². The molecule has 7 nitrogen and oxygen atoms in total. The molecule has 0 radical (unpaired) electrons. The third kappa shape index (κ3) is 8.13. The molecule has 0 aliphatic carbocycles. The number of hydrogen-bond donors (Lipinski definition) is 0. The van der Waals surface area contributed by atoms with E-state index in [-0.39, 0.29) is 47.8 Å². The summed E-state index contributed by atoms with van der Waals surface area (Å²) in [6, 6.07) is 9.58. The SMILES string of the molecule is C/C(=C\I)[C@H](C/C=C/C=C/[C@@H]1OC2(C)CC[C@@H](C(=O)N3C(=O)OC[C@@H]3Cc3ccccc3)[C@H](O2)[C@H]1C)O[Si](C)(C)C(C)(C)C. The van der Waals surface area contributed by atoms with Crippen LogP contribution in [0.15, 0.2) is 64.3 Å². The molecule has 0 aromatic heterocycles. The van der Waals surface area contributed by atoms with E-state index in [1.54, 1.807) is 0 Å². The number of carbonyl (C=O) groups excluding carboxylic acids is 2. The van der Waals surface area contributed by atoms with Crippen molar-refractivity contribution in [1.29, 1.82) is 0 Å². The Balaban J connectivity index is 1.43. The Hall–Kier alpha value is -1.79. The van der Waals surface area contributed by atoms with Crippen LogP contribution in [-0.2, 0) is 29.9 Å². The number of cyclic esters (lactones) is 1. The molecular formula is C35H50INO6Si. The molecule has 0 spiro atoms. The number of allylic oxidation sites excluding steroid dienone is 2. The van der Waals surface area contributed by atoms with Gasteiger partial charge in [-0.05, 0) is 66.5 Å². The number of carbonyl (C=O) groups is 2. The lowest BCUT2D eigenvalue weighted by atomic mass is 9.78. The summed E-state index contributed by atoms with van der Waals surface area (Å²) in [5.74, 6) is -1.49. The zero-order valence-corrected chi connectivity index (χ0v) is 30.7. The highest BCUT2D eigenvalue weighted by Gasteiger charge is 2.54. The van der Waals surface area contributed by atoms with E-state index in [2.05, 4.69) is 92.6 Å². The van der Waals surface area contributed by atoms with Crippen molar-refractivity contribution in [2.75, 3.05) is 6.61 Å². The van der Waals surface area contributed by atoms with Crippen LogP contribution in [0, 0.1) is 11.8 Å². The Bertz CT molecular complexity index is 1260. The number of imide groups is 1. The van der Waals surface area contributed by atoms with Crippen LogP contribution in [0.3, 0.4) is 0 Å². The first-order valence-corrected chi connectivity index (χ1v) is 20.0. The first kappa shape index (κ1) is 35.1. The third-order valence-corrected chi connectivity index (χ3v) is 15.2. The van der Waals surface area contributed by atoms with Gasteiger partial charge in [-0.25, -0.2) is 9.69 Å². The average molecular weight is 736 g/mol. The van der Waals surface area contributed by atoms with E-state index in [1.165, 1.54) is 10.5 Å². The van der Waals surface area contributed by atoms with Crippen molar-refractivity contribution in [3.05, 3.63) is 69.9 Å². The van der Waals surface area contributed by atoms with E-state index in [4.69, 9.17) is 18.6 Å². The number of benzene rings is 1. The predicted octanol–water partition coefficient (Wildman–Crippen LogP) is 8.35. The summed E-state index contributed by atoms with van der Waals surface area (Å²) in [4.78, 5) is 28.0. The van der Waals surface area contributed by atoms with Crippen LogP contribution < -0.4 is 0 Å². The highest BCUT2D eigenvalue weighted by Crippen LogP contribution is 2.45. The smallest absolute Gasteiger partial charge is 0.416 e. The van der Waals surface area contributed by atoms with Gasteiger partial charge < -0.3 is 18.6 Å². The molecular weight excluding hydrogens is 685 g/mol. The molecule has 4 rings (SSSR count). The molecule has 44 heavy (non-hydrogen) atoms. The van der Waals surface area contributed by atoms with Gasteiger partial charge in [0.25, 0.3) is 0 Å². The molecule has 3 aliphatic rings. The van der Waals surface area contributed by atoms with Gasteiger partial charge in [-0.15, -0.1) is 0 Å². The average Bonchev–Trinajstić information content (AvgIpc) is 3.33. The summed E-state index contributed by atoms with van der Waals surface area (Å²) >= 11 is 2.29. The second-order valence-corrected chi connectivity index (χ2v) is 19.6. The minimum absolute atomic E-state index is 0.0451. The zero-order valence-electron chi connectivity index (χ0n) is 27.5. The van der Waals surface area contributed by atoms with Crippen molar-refractivity contribution in [2.24, 2.45) is 11.8 Å². The summed E-state index contributed by atoms with van der Waals surface area (Å²) in [6.07, 6.45) is 9.74. The Labute approximate surface area is 278 Å². The van der Waals surface area contributed by atoms with Crippen molar-refractivity contribution in [3.8, 4) is 0 Å². The van der Waals surface area contributed by atoms with Crippen molar-refractivity contribution < 1.29 is 28.2 Å². The minimum atomic E-state index is -1.92. The van der Waals surface area contributed by atoms with Crippen LogP contribution in [-0.4, -0.2) is 62.0 Å². The number of nitrogens with zero attached hydrogens (tertiary/aromatic N) is 1. The lowest BCUT2D eigenvalue weighted by molar-refractivity contribution is -0.345. The second-order valence-electron chi connectivity index (χ2n) is 14.2. The normalized spacial score (nSPS) is 30.7. The Morgan fingerprint density at radius 3 is 2.57 bits per heavy atom. The third-order valence-electron chi connectivity index (χ3n) is 9.76. The molecule has 3 heterocycles. The van der Waals surface area contributed by atoms with E-state index in [9.17, 15) is 9.59 Å². The molecule has 1 unspecified atom stereocenters. The lowest BCUT2D eigenvalue weighted by Crippen LogP contribution is -2.60. The van der Waals surface area contributed by atoms with Gasteiger partial charge in [0.1, 0.15) is 6.61 Å². The van der Waals surface area contributed by atoms with Crippen LogP contribution in [0.25, 0.3) is 0 Å². The minimum Gasteiger partial charge on any atom is -0.447 e. The molecule has 3 saturated heterocycles. The van der Waals surface area contributed by atoms with E-state index >= 15 is 0 Å². The molecule has 0 saturated carbocycles. The molecule has 1 aromatic carbocycles. The summed E-state index contributed by atoms with van der Waals surface area (Å²) in [6.45, 7) is 17.7. The molecule has 3 fully saturated rings. The van der Waals surface area contributed by atoms with Crippen molar-refractivity contribution in [3.63, 3.8) is 0 Å². The lowest BCUT2D eigenvalue weighted by Gasteiger charge is -2.52. The molecule has 3 aliphatic heterocycles. The first-order chi connectivity index (χ1) is 20.7. The summed E-state index contributed by atoms with van der Waals surface area (Å²) in [5.41, 5.74) is 2.30. The standard InChI is InChI=1S/C35H50INO6Si/c1-24(22-36)29(43-44(7,8)34(3,4)5)17-13-10-14-18-30-25(2)31-28(19-20-35(6,41-30)42-31)32(38)37-27(23-40-33(37)39)21-26-15-11-9-12-16-26/h9-16,18,22,25,27-31H,17,19-21,23H2,1-8H3/b13-10+,18-14+,24-22+/t25-,27-,28+,29-,30-,31+,35?/m0/s1. The number of halogens is 1.